The Morgan fingerprint density at radius 1 is 1.36 bits per heavy atom. The second-order valence-corrected chi connectivity index (χ2v) is 3.12. The van der Waals surface area contributed by atoms with Crippen LogP contribution < -0.4 is 0 Å². The summed E-state index contributed by atoms with van der Waals surface area (Å²) in [6.07, 6.45) is -1.55. The van der Waals surface area contributed by atoms with Crippen molar-refractivity contribution in [1.29, 1.82) is 0 Å². The SMILES string of the molecule is CC(C(=O)O)C(F)c1ccc(O)cc1. The Balaban J connectivity index is 2.84. The first-order valence-corrected chi connectivity index (χ1v) is 4.18. The van der Waals surface area contributed by atoms with Gasteiger partial charge in [0.2, 0.25) is 0 Å². The molecule has 0 aliphatic carbocycles. The number of hydrogen-bond donors (Lipinski definition) is 2. The Hall–Kier alpha value is -1.58. The summed E-state index contributed by atoms with van der Waals surface area (Å²) < 4.78 is 13.4. The molecule has 0 fully saturated rings. The topological polar surface area (TPSA) is 57.5 Å². The summed E-state index contributed by atoms with van der Waals surface area (Å²) in [5.41, 5.74) is 0.262. The Kier molecular flexibility index (Phi) is 3.06. The van der Waals surface area contributed by atoms with E-state index >= 15 is 0 Å². The number of alkyl halides is 1. The van der Waals surface area contributed by atoms with Crippen LogP contribution in [0.3, 0.4) is 0 Å². The highest BCUT2D eigenvalue weighted by molar-refractivity contribution is 5.70. The number of carboxylic acids is 1. The van der Waals surface area contributed by atoms with E-state index in [4.69, 9.17) is 10.2 Å². The van der Waals surface area contributed by atoms with Crippen molar-refractivity contribution in [3.63, 3.8) is 0 Å². The number of benzene rings is 1. The van der Waals surface area contributed by atoms with E-state index in [0.717, 1.165) is 0 Å². The van der Waals surface area contributed by atoms with Crippen molar-refractivity contribution < 1.29 is 19.4 Å². The minimum atomic E-state index is -1.55. The van der Waals surface area contributed by atoms with Crippen LogP contribution >= 0.6 is 0 Å². The van der Waals surface area contributed by atoms with Crippen LogP contribution in [0.4, 0.5) is 4.39 Å². The first kappa shape index (κ1) is 10.5. The van der Waals surface area contributed by atoms with Crippen LogP contribution in [-0.4, -0.2) is 16.2 Å². The van der Waals surface area contributed by atoms with Crippen LogP contribution in [0.2, 0.25) is 0 Å². The van der Waals surface area contributed by atoms with Gasteiger partial charge in [-0.1, -0.05) is 12.1 Å². The molecule has 0 aromatic heterocycles. The van der Waals surface area contributed by atoms with E-state index in [0.29, 0.717) is 0 Å². The summed E-state index contributed by atoms with van der Waals surface area (Å²) in [7, 11) is 0. The second-order valence-electron chi connectivity index (χ2n) is 3.12. The second kappa shape index (κ2) is 4.09. The van der Waals surface area contributed by atoms with Crippen LogP contribution in [-0.2, 0) is 4.79 Å². The molecule has 0 saturated carbocycles. The molecule has 2 unspecified atom stereocenters. The Bertz CT molecular complexity index is 321. The average Bonchev–Trinajstić information content (AvgIpc) is 2.16. The summed E-state index contributed by atoms with van der Waals surface area (Å²) in [4.78, 5) is 10.5. The van der Waals surface area contributed by atoms with Gasteiger partial charge in [0.1, 0.15) is 11.9 Å². The Morgan fingerprint density at radius 3 is 2.29 bits per heavy atom. The van der Waals surface area contributed by atoms with Gasteiger partial charge in [-0.3, -0.25) is 4.79 Å². The lowest BCUT2D eigenvalue weighted by atomic mass is 9.99. The molecule has 1 aromatic rings. The molecule has 0 aliphatic heterocycles. The quantitative estimate of drug-likeness (QED) is 0.782. The average molecular weight is 198 g/mol. The summed E-state index contributed by atoms with van der Waals surface area (Å²) in [5, 5.41) is 17.5. The summed E-state index contributed by atoms with van der Waals surface area (Å²) in [6, 6.07) is 5.41. The molecule has 0 saturated heterocycles. The molecule has 0 bridgehead atoms. The predicted molar refractivity (Wildman–Crippen MR) is 48.8 cm³/mol. The van der Waals surface area contributed by atoms with Crippen molar-refractivity contribution >= 4 is 5.97 Å². The van der Waals surface area contributed by atoms with Crippen molar-refractivity contribution in [2.24, 2.45) is 5.92 Å². The van der Waals surface area contributed by atoms with Crippen LogP contribution in [0.15, 0.2) is 24.3 Å². The fourth-order valence-electron chi connectivity index (χ4n) is 1.07. The van der Waals surface area contributed by atoms with Gasteiger partial charge in [0, 0.05) is 0 Å². The lowest BCUT2D eigenvalue weighted by Crippen LogP contribution is -2.15. The van der Waals surface area contributed by atoms with Gasteiger partial charge in [0.05, 0.1) is 5.92 Å². The number of aliphatic carboxylic acids is 1. The van der Waals surface area contributed by atoms with Crippen LogP contribution in [0, 0.1) is 5.92 Å². The number of phenols is 1. The highest BCUT2D eigenvalue weighted by atomic mass is 19.1. The fourth-order valence-corrected chi connectivity index (χ4v) is 1.07. The predicted octanol–water partition coefficient (Wildman–Crippen LogP) is 2.12. The zero-order chi connectivity index (χ0) is 10.7. The maximum absolute atomic E-state index is 13.4. The molecule has 1 rings (SSSR count). The molecule has 0 aliphatic rings. The molecule has 0 heterocycles. The van der Waals surface area contributed by atoms with Crippen molar-refractivity contribution in [2.75, 3.05) is 0 Å². The van der Waals surface area contributed by atoms with Crippen LogP contribution in [0.1, 0.15) is 18.7 Å². The van der Waals surface area contributed by atoms with Gasteiger partial charge in [-0.05, 0) is 24.6 Å². The molecular weight excluding hydrogens is 187 g/mol. The third-order valence-corrected chi connectivity index (χ3v) is 2.04. The minimum absolute atomic E-state index is 0.0314. The standard InChI is InChI=1S/C10H11FO3/c1-6(10(13)14)9(11)7-2-4-8(12)5-3-7/h2-6,9,12H,1H3,(H,13,14). The number of aromatic hydroxyl groups is 1. The number of carboxylic acid groups (broad SMARTS) is 1. The normalized spacial score (nSPS) is 14.7. The monoisotopic (exact) mass is 198 g/mol. The molecule has 0 spiro atoms. The number of carbonyl (C=O) groups is 1. The summed E-state index contributed by atoms with van der Waals surface area (Å²) >= 11 is 0. The van der Waals surface area contributed by atoms with E-state index in [2.05, 4.69) is 0 Å². The molecular formula is C10H11FO3. The molecule has 4 heteroatoms. The lowest BCUT2D eigenvalue weighted by Gasteiger charge is -2.12. The van der Waals surface area contributed by atoms with E-state index in [9.17, 15) is 9.18 Å². The number of phenolic OH excluding ortho intramolecular Hbond substituents is 1. The van der Waals surface area contributed by atoms with Crippen molar-refractivity contribution in [3.05, 3.63) is 29.8 Å². The Labute approximate surface area is 80.8 Å². The first-order valence-electron chi connectivity index (χ1n) is 4.18. The maximum Gasteiger partial charge on any atom is 0.309 e. The fraction of sp³-hybridized carbons (Fsp3) is 0.300. The molecule has 14 heavy (non-hydrogen) atoms. The van der Waals surface area contributed by atoms with Gasteiger partial charge >= 0.3 is 5.97 Å². The van der Waals surface area contributed by atoms with E-state index in [1.165, 1.54) is 31.2 Å². The summed E-state index contributed by atoms with van der Waals surface area (Å²) in [6.45, 7) is 1.31. The van der Waals surface area contributed by atoms with Gasteiger partial charge in [-0.15, -0.1) is 0 Å². The van der Waals surface area contributed by atoms with Gasteiger partial charge in [0.25, 0.3) is 0 Å². The van der Waals surface area contributed by atoms with E-state index in [1.807, 2.05) is 0 Å². The van der Waals surface area contributed by atoms with Gasteiger partial charge in [0.15, 0.2) is 0 Å². The molecule has 3 nitrogen and oxygen atoms in total. The molecule has 0 radical (unpaired) electrons. The molecule has 76 valence electrons. The zero-order valence-corrected chi connectivity index (χ0v) is 7.64. The first-order chi connectivity index (χ1) is 6.52. The van der Waals surface area contributed by atoms with E-state index in [-0.39, 0.29) is 11.3 Å². The zero-order valence-electron chi connectivity index (χ0n) is 7.64. The van der Waals surface area contributed by atoms with Gasteiger partial charge in [-0.2, -0.15) is 0 Å². The summed E-state index contributed by atoms with van der Waals surface area (Å²) in [5.74, 6) is -2.23. The van der Waals surface area contributed by atoms with Crippen molar-refractivity contribution in [2.45, 2.75) is 13.1 Å². The van der Waals surface area contributed by atoms with Gasteiger partial charge in [-0.25, -0.2) is 4.39 Å². The van der Waals surface area contributed by atoms with E-state index < -0.39 is 18.1 Å². The van der Waals surface area contributed by atoms with E-state index in [1.54, 1.807) is 0 Å². The number of halogens is 1. The Morgan fingerprint density at radius 2 is 1.86 bits per heavy atom. The van der Waals surface area contributed by atoms with Crippen molar-refractivity contribution in [1.82, 2.24) is 0 Å². The molecule has 2 atom stereocenters. The van der Waals surface area contributed by atoms with Gasteiger partial charge < -0.3 is 10.2 Å². The molecule has 0 amide bonds. The third kappa shape index (κ3) is 2.22. The minimum Gasteiger partial charge on any atom is -0.508 e. The maximum atomic E-state index is 13.4. The smallest absolute Gasteiger partial charge is 0.309 e. The lowest BCUT2D eigenvalue weighted by molar-refractivity contribution is -0.143. The number of rotatable bonds is 3. The van der Waals surface area contributed by atoms with Crippen LogP contribution in [0.5, 0.6) is 5.75 Å². The van der Waals surface area contributed by atoms with Crippen LogP contribution in [0.25, 0.3) is 0 Å². The third-order valence-electron chi connectivity index (χ3n) is 2.04. The largest absolute Gasteiger partial charge is 0.508 e. The highest BCUT2D eigenvalue weighted by Crippen LogP contribution is 2.27. The molecule has 1 aromatic carbocycles. The number of hydrogen-bond acceptors (Lipinski definition) is 2. The van der Waals surface area contributed by atoms with Crippen molar-refractivity contribution in [3.8, 4) is 5.75 Å². The molecule has 2 N–H and O–H groups in total. The highest BCUT2D eigenvalue weighted by Gasteiger charge is 2.24.